The summed E-state index contributed by atoms with van der Waals surface area (Å²) in [5.41, 5.74) is 1.63. The fourth-order valence-corrected chi connectivity index (χ4v) is 0. The first-order valence-electron chi connectivity index (χ1n) is 21.7. The van der Waals surface area contributed by atoms with Gasteiger partial charge >= 0.3 is 0 Å². The minimum absolute atomic E-state index is 0.542. The van der Waals surface area contributed by atoms with E-state index in [2.05, 4.69) is 208 Å². The van der Waals surface area contributed by atoms with Crippen molar-refractivity contribution >= 4 is 0 Å². The Labute approximate surface area is 324 Å². The predicted molar refractivity (Wildman–Crippen MR) is 249 cm³/mol. The van der Waals surface area contributed by atoms with Crippen LogP contribution < -0.4 is 0 Å². The third-order valence-corrected chi connectivity index (χ3v) is 5.63. The molecule has 0 N–H and O–H groups in total. The first-order chi connectivity index (χ1) is 21.7. The number of hydrogen-bond donors (Lipinski definition) is 0. The predicted octanol–water partition coefficient (Wildman–Crippen LogP) is 20.5. The van der Waals surface area contributed by atoms with E-state index in [1.54, 1.807) is 0 Å². The molecule has 49 heavy (non-hydrogen) atoms. The lowest BCUT2D eigenvalue weighted by atomic mass is 9.94. The topological polar surface area (TPSA) is 0 Å². The van der Waals surface area contributed by atoms with Gasteiger partial charge in [-0.15, -0.1) is 0 Å². The van der Waals surface area contributed by atoms with Gasteiger partial charge in [-0.25, -0.2) is 0 Å². The zero-order chi connectivity index (χ0) is 43.2. The molecule has 316 valence electrons. The molecule has 0 spiro atoms. The molecular weight excluding hydrogens is 589 g/mol. The fraction of sp³-hybridized carbons (Fsp3) is 1.00. The highest BCUT2D eigenvalue weighted by Gasteiger charge is 2.04. The van der Waals surface area contributed by atoms with Gasteiger partial charge in [0.05, 0.1) is 0 Å². The molecule has 0 radical (unpaired) electrons. The molecule has 0 bridgehead atoms. The van der Waals surface area contributed by atoms with Gasteiger partial charge in [-0.1, -0.05) is 274 Å². The van der Waals surface area contributed by atoms with Gasteiger partial charge in [0, 0.05) is 0 Å². The molecule has 0 nitrogen and oxygen atoms in total. The molecule has 0 heteroatoms. The molecule has 0 aliphatic heterocycles. The highest BCUT2D eigenvalue weighted by Crippen LogP contribution is 2.17. The molecule has 0 fully saturated rings. The summed E-state index contributed by atoms with van der Waals surface area (Å²) in [5, 5.41) is 0. The van der Waals surface area contributed by atoms with E-state index in [-0.39, 0.29) is 0 Å². The Kier molecular flexibility index (Phi) is 95.9. The van der Waals surface area contributed by atoms with E-state index in [1.165, 1.54) is 38.5 Å². The lowest BCUT2D eigenvalue weighted by Gasteiger charge is -2.12. The van der Waals surface area contributed by atoms with E-state index in [1.807, 2.05) is 27.7 Å². The lowest BCUT2D eigenvalue weighted by Crippen LogP contribution is -2.00. The van der Waals surface area contributed by atoms with Crippen molar-refractivity contribution in [2.45, 2.75) is 274 Å². The highest BCUT2D eigenvalue weighted by molar-refractivity contribution is 4.56. The SMILES string of the molecule is CC.CC.CC(C)C.CC(C)C.CC(C)C.CCC(C)(C)C.CCC(C)(C)C.CCC(C)(C)C.CCC(C)C.CCC(C)C.CCC(C)C. The van der Waals surface area contributed by atoms with Crippen molar-refractivity contribution in [3.05, 3.63) is 0 Å². The Bertz CT molecular complexity index is 338. The first-order valence-corrected chi connectivity index (χ1v) is 21.7. The van der Waals surface area contributed by atoms with Crippen LogP contribution in [0, 0.1) is 51.8 Å². The van der Waals surface area contributed by atoms with Crippen LogP contribution in [-0.4, -0.2) is 0 Å². The van der Waals surface area contributed by atoms with E-state index in [9.17, 15) is 0 Å². The highest BCUT2D eigenvalue weighted by atomic mass is 14.1. The Morgan fingerprint density at radius 3 is 0.306 bits per heavy atom. The molecule has 0 rings (SSSR count). The Balaban J connectivity index is -0.0000000365. The van der Waals surface area contributed by atoms with E-state index < -0.39 is 0 Å². The minimum Gasteiger partial charge on any atom is -0.0683 e. The van der Waals surface area contributed by atoms with E-state index in [0.717, 1.165) is 35.5 Å². The van der Waals surface area contributed by atoms with Crippen LogP contribution in [0.15, 0.2) is 0 Å². The molecule has 0 heterocycles. The van der Waals surface area contributed by atoms with Gasteiger partial charge in [-0.3, -0.25) is 0 Å². The van der Waals surface area contributed by atoms with Crippen molar-refractivity contribution in [1.29, 1.82) is 0 Å². The van der Waals surface area contributed by atoms with Crippen LogP contribution in [-0.2, 0) is 0 Å². The summed E-state index contributed by atoms with van der Waals surface area (Å²) in [4.78, 5) is 0. The van der Waals surface area contributed by atoms with Gasteiger partial charge in [-0.2, -0.15) is 0 Å². The molecule has 0 aliphatic carbocycles. The van der Waals surface area contributed by atoms with Gasteiger partial charge in [0.15, 0.2) is 0 Å². The third kappa shape index (κ3) is 451. The van der Waals surface area contributed by atoms with Crippen LogP contribution in [0.5, 0.6) is 0 Å². The fourth-order valence-electron chi connectivity index (χ4n) is 0. The van der Waals surface area contributed by atoms with Gasteiger partial charge in [0.25, 0.3) is 0 Å². The summed E-state index contributed by atoms with van der Waals surface area (Å²) < 4.78 is 0. The summed E-state index contributed by atoms with van der Waals surface area (Å²) in [6, 6.07) is 0. The monoisotopic (exact) mass is 709 g/mol. The standard InChI is InChI=1S/3C6H14.3C5H12.3C4H10.2C2H6/c3*1-5-6(2,3)4;3*1-4-5(2)3;3*1-4(2)3;2*1-2/h3*5H2,1-4H3;3*5H,4H2,1-3H3;3*4H,1-3H3;2*1-2H3. The second-order valence-electron chi connectivity index (χ2n) is 19.3. The summed E-state index contributed by atoms with van der Waals surface area (Å²) in [7, 11) is 0. The van der Waals surface area contributed by atoms with E-state index in [4.69, 9.17) is 0 Å². The average molecular weight is 709 g/mol. The van der Waals surface area contributed by atoms with Crippen LogP contribution in [0.1, 0.15) is 274 Å². The lowest BCUT2D eigenvalue weighted by molar-refractivity contribution is 0.397. The van der Waals surface area contributed by atoms with Crippen molar-refractivity contribution in [3.8, 4) is 0 Å². The van der Waals surface area contributed by atoms with Gasteiger partial charge in [0.1, 0.15) is 0 Å². The zero-order valence-corrected chi connectivity index (χ0v) is 43.2. The maximum absolute atomic E-state index is 2.24. The van der Waals surface area contributed by atoms with Crippen molar-refractivity contribution in [1.82, 2.24) is 0 Å². The van der Waals surface area contributed by atoms with Crippen molar-refractivity contribution in [2.24, 2.45) is 51.8 Å². The molecule has 0 atom stereocenters. The molecular formula is C49H120. The summed E-state index contributed by atoms with van der Waals surface area (Å²) in [6.07, 6.45) is 7.73. The molecule has 0 aliphatic rings. The minimum atomic E-state index is 0.542. The van der Waals surface area contributed by atoms with Crippen LogP contribution in [0.4, 0.5) is 0 Å². The van der Waals surface area contributed by atoms with Crippen molar-refractivity contribution in [2.75, 3.05) is 0 Å². The maximum atomic E-state index is 2.24. The summed E-state index contributed by atoms with van der Waals surface area (Å²) in [6.45, 7) is 74.2. The second kappa shape index (κ2) is 60.1. The smallest absolute Gasteiger partial charge is 0.0385 e. The van der Waals surface area contributed by atoms with Crippen molar-refractivity contribution in [3.63, 3.8) is 0 Å². The van der Waals surface area contributed by atoms with Gasteiger partial charge < -0.3 is 0 Å². The number of hydrogen-bond acceptors (Lipinski definition) is 0. The molecule has 0 aromatic rings. The summed E-state index contributed by atoms with van der Waals surface area (Å²) >= 11 is 0. The van der Waals surface area contributed by atoms with Crippen LogP contribution in [0.2, 0.25) is 0 Å². The zero-order valence-electron chi connectivity index (χ0n) is 43.2. The average Bonchev–Trinajstić information content (AvgIpc) is 2.94. The van der Waals surface area contributed by atoms with Crippen LogP contribution in [0.3, 0.4) is 0 Å². The normalized spacial score (nSPS) is 9.80. The summed E-state index contributed by atoms with van der Waals surface area (Å²) in [5.74, 6) is 5.15. The first kappa shape index (κ1) is 78.2. The second-order valence-corrected chi connectivity index (χ2v) is 19.3. The van der Waals surface area contributed by atoms with E-state index >= 15 is 0 Å². The molecule has 0 aromatic heterocycles. The quantitative estimate of drug-likeness (QED) is 0.274. The Morgan fingerprint density at radius 2 is 0.306 bits per heavy atom. The molecule has 0 unspecified atom stereocenters. The number of rotatable bonds is 3. The molecule has 0 saturated heterocycles. The Morgan fingerprint density at radius 1 is 0.265 bits per heavy atom. The Hall–Kier alpha value is 0. The third-order valence-electron chi connectivity index (χ3n) is 5.63. The molecule has 0 saturated carbocycles. The molecule has 0 amide bonds. The van der Waals surface area contributed by atoms with Gasteiger partial charge in [0.2, 0.25) is 0 Å². The maximum Gasteiger partial charge on any atom is -0.0385 e. The van der Waals surface area contributed by atoms with Gasteiger partial charge in [-0.05, 0) is 51.8 Å². The van der Waals surface area contributed by atoms with Crippen LogP contribution in [0.25, 0.3) is 0 Å². The van der Waals surface area contributed by atoms with E-state index in [0.29, 0.717) is 16.2 Å². The molecule has 0 aromatic carbocycles. The van der Waals surface area contributed by atoms with Crippen LogP contribution >= 0.6 is 0 Å². The van der Waals surface area contributed by atoms with Crippen molar-refractivity contribution < 1.29 is 0 Å². The largest absolute Gasteiger partial charge is 0.0683 e.